The number of hydrogen-bond donors (Lipinski definition) is 5. The van der Waals surface area contributed by atoms with Gasteiger partial charge in [-0.25, -0.2) is 0 Å². The normalized spacial score (nSPS) is 38.2. The van der Waals surface area contributed by atoms with Gasteiger partial charge in [-0.05, 0) is 6.42 Å². The summed E-state index contributed by atoms with van der Waals surface area (Å²) in [6, 6.07) is -0.416. The van der Waals surface area contributed by atoms with E-state index in [1.807, 2.05) is 0 Å². The Kier molecular flexibility index (Phi) is 4.91. The lowest BCUT2D eigenvalue weighted by Crippen LogP contribution is -2.61. The summed E-state index contributed by atoms with van der Waals surface area (Å²) in [4.78, 5) is 1.68. The Bertz CT molecular complexity index is 191. The molecule has 1 fully saturated rings. The highest BCUT2D eigenvalue weighted by Crippen LogP contribution is 2.20. The molecule has 0 saturated carbocycles. The van der Waals surface area contributed by atoms with Crippen LogP contribution in [0.1, 0.15) is 6.42 Å². The van der Waals surface area contributed by atoms with E-state index in [9.17, 15) is 15.3 Å². The average Bonchev–Trinajstić information content (AvgIpc) is 2.21. The fourth-order valence-corrected chi connectivity index (χ4v) is 2.03. The van der Waals surface area contributed by atoms with Crippen LogP contribution in [0.15, 0.2) is 0 Å². The van der Waals surface area contributed by atoms with E-state index in [1.165, 1.54) is 0 Å². The maximum absolute atomic E-state index is 9.69. The molecular weight excluding hydrogens is 202 g/mol. The van der Waals surface area contributed by atoms with Gasteiger partial charge in [0.25, 0.3) is 0 Å². The molecule has 5 N–H and O–H groups in total. The molecule has 6 heteroatoms. The minimum Gasteiger partial charge on any atom is -0.396 e. The number of rotatable bonds is 4. The first-order valence-corrected chi connectivity index (χ1v) is 5.11. The first kappa shape index (κ1) is 12.8. The fourth-order valence-electron chi connectivity index (χ4n) is 2.03. The zero-order valence-electron chi connectivity index (χ0n) is 8.53. The van der Waals surface area contributed by atoms with Gasteiger partial charge in [-0.1, -0.05) is 0 Å². The van der Waals surface area contributed by atoms with Crippen molar-refractivity contribution in [2.45, 2.75) is 30.8 Å². The molecular formula is C9H19NO5. The topological polar surface area (TPSA) is 104 Å². The van der Waals surface area contributed by atoms with E-state index in [-0.39, 0.29) is 19.8 Å². The van der Waals surface area contributed by atoms with Crippen molar-refractivity contribution < 1.29 is 25.5 Å². The number of hydrogen-bond acceptors (Lipinski definition) is 6. The molecule has 15 heavy (non-hydrogen) atoms. The highest BCUT2D eigenvalue weighted by atomic mass is 16.4. The molecule has 0 aromatic rings. The summed E-state index contributed by atoms with van der Waals surface area (Å²) in [7, 11) is 0. The second-order valence-corrected chi connectivity index (χ2v) is 3.85. The van der Waals surface area contributed by atoms with Gasteiger partial charge in [0.2, 0.25) is 0 Å². The Hall–Kier alpha value is -0.240. The Morgan fingerprint density at radius 3 is 2.20 bits per heavy atom. The highest BCUT2D eigenvalue weighted by Gasteiger charge is 2.40. The van der Waals surface area contributed by atoms with E-state index in [1.54, 1.807) is 4.90 Å². The summed E-state index contributed by atoms with van der Waals surface area (Å²) in [5.41, 5.74) is 0. The summed E-state index contributed by atoms with van der Waals surface area (Å²) in [5, 5.41) is 46.2. The van der Waals surface area contributed by atoms with Gasteiger partial charge in [-0.2, -0.15) is 0 Å². The predicted molar refractivity (Wildman–Crippen MR) is 52.2 cm³/mol. The number of piperidine rings is 1. The van der Waals surface area contributed by atoms with E-state index in [2.05, 4.69) is 0 Å². The van der Waals surface area contributed by atoms with Crippen molar-refractivity contribution in [3.05, 3.63) is 0 Å². The maximum atomic E-state index is 9.69. The number of likely N-dealkylation sites (tertiary alicyclic amines) is 1. The molecule has 0 radical (unpaired) electrons. The Labute approximate surface area is 88.4 Å². The van der Waals surface area contributed by atoms with Crippen molar-refractivity contribution in [1.29, 1.82) is 0 Å². The van der Waals surface area contributed by atoms with Gasteiger partial charge >= 0.3 is 0 Å². The van der Waals surface area contributed by atoms with Gasteiger partial charge in [0.05, 0.1) is 18.8 Å². The van der Waals surface area contributed by atoms with Crippen LogP contribution in [-0.2, 0) is 0 Å². The molecule has 0 spiro atoms. The summed E-state index contributed by atoms with van der Waals surface area (Å²) in [6.45, 7) is 0.318. The minimum atomic E-state index is -1.18. The lowest BCUT2D eigenvalue weighted by Gasteiger charge is -2.43. The second kappa shape index (κ2) is 5.74. The maximum Gasteiger partial charge on any atom is 0.108 e. The lowest BCUT2D eigenvalue weighted by atomic mass is 9.92. The van der Waals surface area contributed by atoms with E-state index < -0.39 is 24.4 Å². The molecule has 0 aromatic heterocycles. The van der Waals surface area contributed by atoms with Crippen molar-refractivity contribution >= 4 is 0 Å². The smallest absolute Gasteiger partial charge is 0.108 e. The number of nitrogens with zero attached hydrogens (tertiary/aromatic N) is 1. The summed E-state index contributed by atoms with van der Waals surface area (Å²) < 4.78 is 0. The van der Waals surface area contributed by atoms with Crippen LogP contribution in [-0.4, -0.2) is 81.1 Å². The van der Waals surface area contributed by atoms with Crippen LogP contribution in [0.5, 0.6) is 0 Å². The summed E-state index contributed by atoms with van der Waals surface area (Å²) >= 11 is 0. The van der Waals surface area contributed by atoms with Gasteiger partial charge in [-0.15, -0.1) is 0 Å². The molecule has 0 unspecified atom stereocenters. The van der Waals surface area contributed by atoms with Crippen LogP contribution in [0, 0.1) is 0 Å². The van der Waals surface area contributed by atoms with Crippen molar-refractivity contribution in [2.75, 3.05) is 26.3 Å². The van der Waals surface area contributed by atoms with Gasteiger partial charge in [0.1, 0.15) is 6.10 Å². The third-order valence-electron chi connectivity index (χ3n) is 2.84. The summed E-state index contributed by atoms with van der Waals surface area (Å²) in [6.07, 6.45) is -2.98. The largest absolute Gasteiger partial charge is 0.396 e. The minimum absolute atomic E-state index is 0.0858. The fraction of sp³-hybridized carbons (Fsp3) is 1.00. The van der Waals surface area contributed by atoms with Crippen LogP contribution < -0.4 is 0 Å². The summed E-state index contributed by atoms with van der Waals surface area (Å²) in [5.74, 6) is 0. The van der Waals surface area contributed by atoms with Gasteiger partial charge < -0.3 is 25.5 Å². The quantitative estimate of drug-likeness (QED) is 0.349. The van der Waals surface area contributed by atoms with E-state index in [4.69, 9.17) is 10.2 Å². The SMILES string of the molecule is OCC[C@@H]1[C@@H](O)[C@H](O)[C@@H](O)CN1CCO. The van der Waals surface area contributed by atoms with Gasteiger partial charge in [0, 0.05) is 25.7 Å². The highest BCUT2D eigenvalue weighted by molar-refractivity contribution is 4.94. The third-order valence-corrected chi connectivity index (χ3v) is 2.84. The Morgan fingerprint density at radius 1 is 1.00 bits per heavy atom. The molecule has 1 rings (SSSR count). The van der Waals surface area contributed by atoms with E-state index >= 15 is 0 Å². The second-order valence-electron chi connectivity index (χ2n) is 3.85. The number of aliphatic hydroxyl groups is 5. The molecule has 1 saturated heterocycles. The number of β-amino-alcohol motifs (C(OH)–C–C–N with tert-alkyl or cyclic N) is 2. The zero-order chi connectivity index (χ0) is 11.4. The third kappa shape index (κ3) is 2.87. The molecule has 1 heterocycles. The standard InChI is InChI=1S/C9H19NO5/c11-3-1-6-8(14)9(15)7(13)5-10(6)2-4-12/h6-9,11-15H,1-5H2/t6-,7+,8-,9-/m1/s1. The average molecular weight is 221 g/mol. The molecule has 4 atom stereocenters. The van der Waals surface area contributed by atoms with Crippen LogP contribution in [0.25, 0.3) is 0 Å². The van der Waals surface area contributed by atoms with Crippen LogP contribution in [0.4, 0.5) is 0 Å². The Morgan fingerprint density at radius 2 is 1.67 bits per heavy atom. The van der Waals surface area contributed by atoms with Crippen LogP contribution in [0.2, 0.25) is 0 Å². The molecule has 0 aliphatic carbocycles. The molecule has 1 aliphatic heterocycles. The Balaban J connectivity index is 2.67. The van der Waals surface area contributed by atoms with Crippen LogP contribution >= 0.6 is 0 Å². The van der Waals surface area contributed by atoms with E-state index in [0.29, 0.717) is 13.0 Å². The lowest BCUT2D eigenvalue weighted by molar-refractivity contribution is -0.141. The molecule has 6 nitrogen and oxygen atoms in total. The number of aliphatic hydroxyl groups excluding tert-OH is 5. The first-order valence-electron chi connectivity index (χ1n) is 5.11. The van der Waals surface area contributed by atoms with Crippen molar-refractivity contribution in [1.82, 2.24) is 4.90 Å². The van der Waals surface area contributed by atoms with Crippen molar-refractivity contribution in [2.24, 2.45) is 0 Å². The first-order chi connectivity index (χ1) is 7.11. The molecule has 90 valence electrons. The predicted octanol–water partition coefficient (Wildman–Crippen LogP) is -2.87. The van der Waals surface area contributed by atoms with Crippen molar-refractivity contribution in [3.8, 4) is 0 Å². The molecule has 0 amide bonds. The van der Waals surface area contributed by atoms with Crippen molar-refractivity contribution in [3.63, 3.8) is 0 Å². The molecule has 0 aromatic carbocycles. The van der Waals surface area contributed by atoms with Gasteiger partial charge in [-0.3, -0.25) is 4.90 Å². The molecule has 0 bridgehead atoms. The van der Waals surface area contributed by atoms with Gasteiger partial charge in [0.15, 0.2) is 0 Å². The van der Waals surface area contributed by atoms with Crippen LogP contribution in [0.3, 0.4) is 0 Å². The monoisotopic (exact) mass is 221 g/mol. The zero-order valence-corrected chi connectivity index (χ0v) is 8.53. The van der Waals surface area contributed by atoms with E-state index in [0.717, 1.165) is 0 Å². The molecule has 1 aliphatic rings.